The predicted octanol–water partition coefficient (Wildman–Crippen LogP) is 2.63. The fraction of sp³-hybridized carbons (Fsp3) is 1.00. The van der Waals surface area contributed by atoms with Gasteiger partial charge in [0, 0.05) is 6.61 Å². The van der Waals surface area contributed by atoms with E-state index in [2.05, 4.69) is 6.55 Å². The lowest BCUT2D eigenvalue weighted by Gasteiger charge is -2.36. The van der Waals surface area contributed by atoms with Crippen molar-refractivity contribution in [2.45, 2.75) is 50.4 Å². The lowest BCUT2D eigenvalue weighted by atomic mass is 10.3. The van der Waals surface area contributed by atoms with Crippen LogP contribution in [0.2, 0.25) is 24.7 Å². The van der Waals surface area contributed by atoms with Gasteiger partial charge in [-0.25, -0.2) is 0 Å². The molecule has 0 radical (unpaired) electrons. The summed E-state index contributed by atoms with van der Waals surface area (Å²) in [5.74, 6) is 0. The van der Waals surface area contributed by atoms with E-state index >= 15 is 0 Å². The lowest BCUT2D eigenvalue weighted by molar-refractivity contribution is 0.284. The molecule has 0 spiro atoms. The Bertz CT molecular complexity index is 110. The molecule has 1 N–H and O–H groups in total. The highest BCUT2D eigenvalue weighted by molar-refractivity contribution is 6.81. The molecule has 0 bridgehead atoms. The molecule has 1 fully saturated rings. The van der Waals surface area contributed by atoms with Gasteiger partial charge in [-0.2, -0.15) is 0 Å². The highest BCUT2D eigenvalue weighted by Crippen LogP contribution is 2.36. The Morgan fingerprint density at radius 1 is 1.18 bits per heavy atom. The van der Waals surface area contributed by atoms with Gasteiger partial charge < -0.3 is 5.11 Å². The third-order valence-electron chi connectivity index (χ3n) is 3.00. The molecular formula is C9H20OSi. The average molecular weight is 172 g/mol. The number of rotatable bonds is 5. The first kappa shape index (κ1) is 9.27. The Kier molecular flexibility index (Phi) is 3.59. The number of unbranched alkanes of at least 4 members (excludes halogenated alkanes) is 2. The summed E-state index contributed by atoms with van der Waals surface area (Å²) in [6.07, 6.45) is 5.15. The summed E-state index contributed by atoms with van der Waals surface area (Å²) in [7, 11) is -0.628. The molecule has 1 rings (SSSR count). The molecule has 0 unspecified atom stereocenters. The molecule has 0 saturated carbocycles. The van der Waals surface area contributed by atoms with E-state index in [9.17, 15) is 0 Å². The smallest absolute Gasteiger partial charge is 0.0504 e. The van der Waals surface area contributed by atoms with Gasteiger partial charge in [-0.1, -0.05) is 43.9 Å². The third kappa shape index (κ3) is 2.95. The number of aliphatic hydroxyl groups excluding tert-OH is 1. The van der Waals surface area contributed by atoms with Crippen molar-refractivity contribution in [2.75, 3.05) is 6.61 Å². The second-order valence-corrected chi connectivity index (χ2v) is 9.32. The van der Waals surface area contributed by atoms with Crippen LogP contribution in [0.5, 0.6) is 0 Å². The van der Waals surface area contributed by atoms with Crippen molar-refractivity contribution in [2.24, 2.45) is 0 Å². The van der Waals surface area contributed by atoms with Crippen molar-refractivity contribution < 1.29 is 5.11 Å². The second-order valence-electron chi connectivity index (χ2n) is 4.20. The van der Waals surface area contributed by atoms with Crippen molar-refractivity contribution in [1.29, 1.82) is 0 Å². The van der Waals surface area contributed by atoms with Gasteiger partial charge in [-0.15, -0.1) is 0 Å². The number of hydrogen-bond donors (Lipinski definition) is 1. The quantitative estimate of drug-likeness (QED) is 0.499. The summed E-state index contributed by atoms with van der Waals surface area (Å²) in [6, 6.07) is 4.67. The molecule has 0 atom stereocenters. The van der Waals surface area contributed by atoms with Crippen LogP contribution in [0.15, 0.2) is 0 Å². The maximum absolute atomic E-state index is 8.58. The predicted molar refractivity (Wildman–Crippen MR) is 51.6 cm³/mol. The maximum Gasteiger partial charge on any atom is 0.0504 e. The van der Waals surface area contributed by atoms with Crippen LogP contribution in [0.3, 0.4) is 0 Å². The zero-order valence-corrected chi connectivity index (χ0v) is 8.60. The summed E-state index contributed by atoms with van der Waals surface area (Å²) in [4.78, 5) is 0. The van der Waals surface area contributed by atoms with Crippen molar-refractivity contribution in [3.05, 3.63) is 0 Å². The molecule has 1 aliphatic heterocycles. The van der Waals surface area contributed by atoms with Crippen LogP contribution in [-0.2, 0) is 0 Å². The maximum atomic E-state index is 8.58. The van der Waals surface area contributed by atoms with Crippen LogP contribution < -0.4 is 0 Å². The molecule has 1 nitrogen and oxygen atoms in total. The molecule has 0 amide bonds. The normalized spacial score (nSPS) is 21.3. The first-order valence-corrected chi connectivity index (χ1v) is 8.00. The minimum atomic E-state index is -0.628. The van der Waals surface area contributed by atoms with Gasteiger partial charge in [0.25, 0.3) is 0 Å². The summed E-state index contributed by atoms with van der Waals surface area (Å²) < 4.78 is 0. The topological polar surface area (TPSA) is 20.2 Å². The summed E-state index contributed by atoms with van der Waals surface area (Å²) in [5.41, 5.74) is 0. The van der Waals surface area contributed by atoms with Gasteiger partial charge in [-0.3, -0.25) is 0 Å². The van der Waals surface area contributed by atoms with Gasteiger partial charge in [-0.05, 0) is 6.42 Å². The van der Waals surface area contributed by atoms with Crippen LogP contribution in [0.25, 0.3) is 0 Å². The zero-order chi connectivity index (χ0) is 8.16. The number of aliphatic hydroxyl groups is 1. The minimum absolute atomic E-state index is 0.387. The van der Waals surface area contributed by atoms with Crippen molar-refractivity contribution in [3.63, 3.8) is 0 Å². The second kappa shape index (κ2) is 4.26. The molecule has 11 heavy (non-hydrogen) atoms. The number of hydrogen-bond acceptors (Lipinski definition) is 1. The first-order chi connectivity index (χ1) is 5.27. The van der Waals surface area contributed by atoms with Gasteiger partial charge in [0.15, 0.2) is 0 Å². The highest BCUT2D eigenvalue weighted by Gasteiger charge is 2.32. The summed E-state index contributed by atoms with van der Waals surface area (Å²) in [6.45, 7) is 2.92. The van der Waals surface area contributed by atoms with Crippen LogP contribution in [-0.4, -0.2) is 19.8 Å². The Labute approximate surface area is 70.8 Å². The standard InChI is InChI=1S/C9H20OSi/c1-11(8-5-9-11)7-4-2-3-6-10/h10H,2-9H2,1H3. The molecule has 0 aliphatic carbocycles. The SMILES string of the molecule is C[Si]1(CCCCCO)CCC1. The van der Waals surface area contributed by atoms with Gasteiger partial charge >= 0.3 is 0 Å². The summed E-state index contributed by atoms with van der Waals surface area (Å²) in [5, 5.41) is 8.58. The van der Waals surface area contributed by atoms with E-state index in [0.29, 0.717) is 6.61 Å². The molecule has 66 valence electrons. The minimum Gasteiger partial charge on any atom is -0.396 e. The fourth-order valence-corrected chi connectivity index (χ4v) is 5.03. The Hall–Kier alpha value is 0.177. The largest absolute Gasteiger partial charge is 0.396 e. The fourth-order valence-electron chi connectivity index (χ4n) is 1.87. The van der Waals surface area contributed by atoms with Crippen LogP contribution in [0, 0.1) is 0 Å². The van der Waals surface area contributed by atoms with E-state index < -0.39 is 8.07 Å². The van der Waals surface area contributed by atoms with E-state index in [4.69, 9.17) is 5.11 Å². The van der Waals surface area contributed by atoms with Crippen LogP contribution in [0.1, 0.15) is 25.7 Å². The molecule has 2 heteroatoms. The average Bonchev–Trinajstić information content (AvgIpc) is 1.95. The Morgan fingerprint density at radius 3 is 2.36 bits per heavy atom. The highest BCUT2D eigenvalue weighted by atomic mass is 28.3. The molecule has 0 aromatic rings. The Morgan fingerprint density at radius 2 is 1.91 bits per heavy atom. The third-order valence-corrected chi connectivity index (χ3v) is 7.68. The zero-order valence-electron chi connectivity index (χ0n) is 7.60. The van der Waals surface area contributed by atoms with Crippen LogP contribution in [0.4, 0.5) is 0 Å². The molecule has 0 aromatic heterocycles. The molecule has 1 heterocycles. The summed E-state index contributed by atoms with van der Waals surface area (Å²) >= 11 is 0. The molecule has 1 aliphatic rings. The van der Waals surface area contributed by atoms with E-state index in [1.54, 1.807) is 12.1 Å². The molecule has 0 aromatic carbocycles. The van der Waals surface area contributed by atoms with E-state index in [1.807, 2.05) is 0 Å². The van der Waals surface area contributed by atoms with Gasteiger partial charge in [0.2, 0.25) is 0 Å². The van der Waals surface area contributed by atoms with E-state index in [-0.39, 0.29) is 0 Å². The van der Waals surface area contributed by atoms with Crippen molar-refractivity contribution >= 4 is 8.07 Å². The van der Waals surface area contributed by atoms with Gasteiger partial charge in [0.1, 0.15) is 0 Å². The Balaban J connectivity index is 1.94. The van der Waals surface area contributed by atoms with Crippen molar-refractivity contribution in [3.8, 4) is 0 Å². The monoisotopic (exact) mass is 172 g/mol. The van der Waals surface area contributed by atoms with E-state index in [1.165, 1.54) is 25.3 Å². The van der Waals surface area contributed by atoms with Gasteiger partial charge in [0.05, 0.1) is 8.07 Å². The molecule has 1 saturated heterocycles. The molecular weight excluding hydrogens is 152 g/mol. The van der Waals surface area contributed by atoms with Crippen molar-refractivity contribution in [1.82, 2.24) is 0 Å². The van der Waals surface area contributed by atoms with E-state index in [0.717, 1.165) is 6.42 Å². The lowest BCUT2D eigenvalue weighted by Crippen LogP contribution is -2.37. The van der Waals surface area contributed by atoms with Crippen LogP contribution >= 0.6 is 0 Å². The first-order valence-electron chi connectivity index (χ1n) is 4.88.